The minimum Gasteiger partial charge on any atom is -0.475 e. The van der Waals surface area contributed by atoms with Crippen LogP contribution in [-0.4, -0.2) is 102 Å². The van der Waals surface area contributed by atoms with Crippen LogP contribution >= 0.6 is 0 Å². The highest BCUT2D eigenvalue weighted by atomic mass is 19.4. The van der Waals surface area contributed by atoms with Gasteiger partial charge in [0.15, 0.2) is 0 Å². The second-order valence-corrected chi connectivity index (χ2v) is 9.09. The summed E-state index contributed by atoms with van der Waals surface area (Å²) in [6.45, 7) is 4.95. The van der Waals surface area contributed by atoms with E-state index >= 15 is 0 Å². The number of hydrogen-bond donors (Lipinski definition) is 2. The lowest BCUT2D eigenvalue weighted by Gasteiger charge is -2.40. The number of likely N-dealkylation sites (tertiary alicyclic amines) is 1. The van der Waals surface area contributed by atoms with E-state index in [0.29, 0.717) is 18.0 Å². The number of nitrogens with zero attached hydrogens (tertiary/aromatic N) is 3. The highest BCUT2D eigenvalue weighted by molar-refractivity contribution is 5.97. The third-order valence-corrected chi connectivity index (χ3v) is 6.27. The number of ether oxygens (including phenoxy) is 2. The molecule has 9 nitrogen and oxygen atoms in total. The first kappa shape index (κ1) is 26.9. The number of benzene rings is 1. The van der Waals surface area contributed by atoms with Crippen molar-refractivity contribution < 1.29 is 37.3 Å². The minimum absolute atomic E-state index is 0.0832. The lowest BCUT2D eigenvalue weighted by Crippen LogP contribution is -2.50. The molecule has 0 bridgehead atoms. The first-order valence-electron chi connectivity index (χ1n) is 11.4. The smallest absolute Gasteiger partial charge is 0.475 e. The van der Waals surface area contributed by atoms with Gasteiger partial charge in [-0.25, -0.2) is 9.78 Å². The molecule has 2 saturated heterocycles. The SMILES string of the molecule is COCCN(C)CC1COC2(CCCN(C(=O)c3ccc4nc[nH]c4c3)C2)C1.O=C(O)C(F)(F)F. The number of hydrogen-bond acceptors (Lipinski definition) is 6. The number of piperidine rings is 1. The number of imidazole rings is 1. The Morgan fingerprint density at radius 3 is 2.83 bits per heavy atom. The van der Waals surface area contributed by atoms with E-state index in [1.54, 1.807) is 13.4 Å². The van der Waals surface area contributed by atoms with E-state index < -0.39 is 12.1 Å². The van der Waals surface area contributed by atoms with Gasteiger partial charge in [-0.1, -0.05) is 0 Å². The molecule has 194 valence electrons. The maximum atomic E-state index is 13.1. The number of carbonyl (C=O) groups excluding carboxylic acids is 1. The van der Waals surface area contributed by atoms with E-state index in [9.17, 15) is 18.0 Å². The van der Waals surface area contributed by atoms with Crippen LogP contribution in [0.25, 0.3) is 11.0 Å². The van der Waals surface area contributed by atoms with E-state index in [0.717, 1.165) is 63.1 Å². The summed E-state index contributed by atoms with van der Waals surface area (Å²) in [5, 5.41) is 7.12. The molecular formula is C23H31F3N4O5. The number of amides is 1. The molecule has 1 aromatic carbocycles. The van der Waals surface area contributed by atoms with E-state index in [4.69, 9.17) is 19.4 Å². The van der Waals surface area contributed by atoms with Gasteiger partial charge in [0.2, 0.25) is 0 Å². The summed E-state index contributed by atoms with van der Waals surface area (Å²) >= 11 is 0. The van der Waals surface area contributed by atoms with Crippen LogP contribution in [0.4, 0.5) is 13.2 Å². The number of aliphatic carboxylic acids is 1. The lowest BCUT2D eigenvalue weighted by atomic mass is 9.86. The first-order chi connectivity index (χ1) is 16.5. The van der Waals surface area contributed by atoms with Crippen LogP contribution in [0.3, 0.4) is 0 Å². The minimum atomic E-state index is -5.08. The molecule has 3 heterocycles. The fraction of sp³-hybridized carbons (Fsp3) is 0.609. The van der Waals surface area contributed by atoms with Gasteiger partial charge < -0.3 is 29.4 Å². The zero-order valence-electron chi connectivity index (χ0n) is 19.8. The van der Waals surface area contributed by atoms with Crippen LogP contribution in [0.5, 0.6) is 0 Å². The zero-order chi connectivity index (χ0) is 25.6. The van der Waals surface area contributed by atoms with E-state index in [2.05, 4.69) is 21.9 Å². The largest absolute Gasteiger partial charge is 0.490 e. The van der Waals surface area contributed by atoms with Gasteiger partial charge in [-0.3, -0.25) is 4.79 Å². The summed E-state index contributed by atoms with van der Waals surface area (Å²) in [7, 11) is 3.87. The monoisotopic (exact) mass is 500 g/mol. The maximum absolute atomic E-state index is 13.1. The summed E-state index contributed by atoms with van der Waals surface area (Å²) < 4.78 is 43.2. The number of carboxylic acids is 1. The first-order valence-corrected chi connectivity index (χ1v) is 11.4. The summed E-state index contributed by atoms with van der Waals surface area (Å²) in [6.07, 6.45) is -0.377. The van der Waals surface area contributed by atoms with Gasteiger partial charge in [0, 0.05) is 38.9 Å². The number of likely N-dealkylation sites (N-methyl/N-ethyl adjacent to an activating group) is 1. The zero-order valence-corrected chi connectivity index (χ0v) is 19.8. The van der Waals surface area contributed by atoms with Crippen LogP contribution in [-0.2, 0) is 14.3 Å². The highest BCUT2D eigenvalue weighted by Gasteiger charge is 2.44. The molecular weight excluding hydrogens is 469 g/mol. The molecule has 2 N–H and O–H groups in total. The molecule has 0 radical (unpaired) electrons. The van der Waals surface area contributed by atoms with Crippen LogP contribution < -0.4 is 0 Å². The Labute approximate surface area is 201 Å². The average molecular weight is 501 g/mol. The predicted octanol–water partition coefficient (Wildman–Crippen LogP) is 2.79. The fourth-order valence-electron chi connectivity index (χ4n) is 4.64. The van der Waals surface area contributed by atoms with Gasteiger partial charge in [-0.15, -0.1) is 0 Å². The number of H-pyrrole nitrogens is 1. The normalized spacial score (nSPS) is 22.5. The van der Waals surface area contributed by atoms with Gasteiger partial charge >= 0.3 is 12.1 Å². The van der Waals surface area contributed by atoms with Gasteiger partial charge in [-0.05, 0) is 50.4 Å². The number of rotatable bonds is 6. The Morgan fingerprint density at radius 2 is 2.14 bits per heavy atom. The van der Waals surface area contributed by atoms with Crippen molar-refractivity contribution >= 4 is 22.9 Å². The van der Waals surface area contributed by atoms with Crippen molar-refractivity contribution in [2.75, 3.05) is 53.6 Å². The molecule has 1 amide bonds. The topological polar surface area (TPSA) is 108 Å². The summed E-state index contributed by atoms with van der Waals surface area (Å²) in [6, 6.07) is 5.67. The number of carboxylic acid groups (broad SMARTS) is 1. The van der Waals surface area contributed by atoms with Crippen molar-refractivity contribution in [3.05, 3.63) is 30.1 Å². The summed E-state index contributed by atoms with van der Waals surface area (Å²) in [4.78, 5) is 33.6. The Kier molecular flexibility index (Phi) is 8.73. The Balaban J connectivity index is 0.000000429. The lowest BCUT2D eigenvalue weighted by molar-refractivity contribution is -0.192. The van der Waals surface area contributed by atoms with E-state index in [-0.39, 0.29) is 11.5 Å². The second-order valence-electron chi connectivity index (χ2n) is 9.09. The number of carbonyl (C=O) groups is 2. The third-order valence-electron chi connectivity index (χ3n) is 6.27. The van der Waals surface area contributed by atoms with Crippen molar-refractivity contribution in [1.82, 2.24) is 19.8 Å². The number of nitrogens with one attached hydrogen (secondary N) is 1. The molecule has 35 heavy (non-hydrogen) atoms. The van der Waals surface area contributed by atoms with Crippen molar-refractivity contribution in [2.45, 2.75) is 31.0 Å². The van der Waals surface area contributed by atoms with Gasteiger partial charge in [-0.2, -0.15) is 13.2 Å². The van der Waals surface area contributed by atoms with E-state index in [1.807, 2.05) is 23.1 Å². The second kappa shape index (κ2) is 11.4. The summed E-state index contributed by atoms with van der Waals surface area (Å²) in [5.41, 5.74) is 2.31. The number of methoxy groups -OCH3 is 1. The van der Waals surface area contributed by atoms with Gasteiger partial charge in [0.1, 0.15) is 0 Å². The van der Waals surface area contributed by atoms with Crippen LogP contribution in [0, 0.1) is 5.92 Å². The van der Waals surface area contributed by atoms with Crippen LogP contribution in [0.1, 0.15) is 29.6 Å². The number of halogens is 3. The number of aromatic nitrogens is 2. The Hall–Kier alpha value is -2.70. The van der Waals surface area contributed by atoms with Crippen molar-refractivity contribution in [3.8, 4) is 0 Å². The Morgan fingerprint density at radius 1 is 1.40 bits per heavy atom. The Bertz CT molecular complexity index is 1010. The molecule has 0 saturated carbocycles. The van der Waals surface area contributed by atoms with Crippen LogP contribution in [0.15, 0.2) is 24.5 Å². The average Bonchev–Trinajstić information content (AvgIpc) is 3.43. The molecule has 2 unspecified atom stereocenters. The molecule has 2 fully saturated rings. The number of aromatic amines is 1. The highest BCUT2D eigenvalue weighted by Crippen LogP contribution is 2.38. The quantitative estimate of drug-likeness (QED) is 0.628. The molecule has 2 aliphatic heterocycles. The maximum Gasteiger partial charge on any atom is 0.490 e. The molecule has 2 aromatic rings. The molecule has 4 rings (SSSR count). The molecule has 2 aliphatic rings. The number of alkyl halides is 3. The van der Waals surface area contributed by atoms with Gasteiger partial charge in [0.25, 0.3) is 5.91 Å². The standard InChI is InChI=1S/C21H30N4O3.C2HF3O2/c1-24(8-9-27-2)12-16-11-21(28-13-16)6-3-7-25(14-21)20(26)17-4-5-18-19(10-17)23-15-22-18;3-2(4,5)1(6)7/h4-5,10,15-16H,3,6-9,11-14H2,1-2H3,(H,22,23);(H,6,7). The molecule has 2 atom stereocenters. The molecule has 0 aliphatic carbocycles. The van der Waals surface area contributed by atoms with Crippen molar-refractivity contribution in [1.29, 1.82) is 0 Å². The van der Waals surface area contributed by atoms with Crippen LogP contribution in [0.2, 0.25) is 0 Å². The van der Waals surface area contributed by atoms with E-state index in [1.165, 1.54) is 0 Å². The third kappa shape index (κ3) is 7.15. The molecule has 12 heteroatoms. The molecule has 1 aromatic heterocycles. The fourth-order valence-corrected chi connectivity index (χ4v) is 4.64. The van der Waals surface area contributed by atoms with Crippen molar-refractivity contribution in [3.63, 3.8) is 0 Å². The number of fused-ring (bicyclic) bond motifs is 1. The van der Waals surface area contributed by atoms with Gasteiger partial charge in [0.05, 0.1) is 36.2 Å². The predicted molar refractivity (Wildman–Crippen MR) is 121 cm³/mol. The van der Waals surface area contributed by atoms with Crippen molar-refractivity contribution in [2.24, 2.45) is 5.92 Å². The summed E-state index contributed by atoms with van der Waals surface area (Å²) in [5.74, 6) is -2.16. The molecule has 1 spiro atoms.